The molecule has 3 nitrogen and oxygen atoms in total. The molecule has 0 saturated carbocycles. The lowest BCUT2D eigenvalue weighted by molar-refractivity contribution is 0.112. The van der Waals surface area contributed by atoms with Gasteiger partial charge in [-0.25, -0.2) is 8.78 Å². The molecule has 5 heteroatoms. The number of aldehydes is 1. The Balaban J connectivity index is 2.68. The van der Waals surface area contributed by atoms with E-state index in [1.54, 1.807) is 0 Å². The molecule has 17 heavy (non-hydrogen) atoms. The van der Waals surface area contributed by atoms with Crippen LogP contribution in [0.1, 0.15) is 10.5 Å². The van der Waals surface area contributed by atoms with Crippen LogP contribution in [0, 0.1) is 11.6 Å². The van der Waals surface area contributed by atoms with Gasteiger partial charge in [0.25, 0.3) is 0 Å². The molecule has 2 rings (SSSR count). The van der Waals surface area contributed by atoms with Gasteiger partial charge in [0.1, 0.15) is 17.3 Å². The Morgan fingerprint density at radius 1 is 1.18 bits per heavy atom. The van der Waals surface area contributed by atoms with Crippen molar-refractivity contribution < 1.29 is 13.6 Å². The molecule has 0 saturated heterocycles. The van der Waals surface area contributed by atoms with Crippen molar-refractivity contribution in [3.05, 3.63) is 47.8 Å². The number of rotatable bonds is 2. The molecule has 0 atom stereocenters. The van der Waals surface area contributed by atoms with E-state index in [1.807, 2.05) is 0 Å². The summed E-state index contributed by atoms with van der Waals surface area (Å²) in [6.45, 7) is 0. The van der Waals surface area contributed by atoms with Crippen LogP contribution in [0.25, 0.3) is 11.1 Å². The largest absolute Gasteiger partial charge is 0.396 e. The van der Waals surface area contributed by atoms with Crippen LogP contribution in [0.2, 0.25) is 0 Å². The highest BCUT2D eigenvalue weighted by atomic mass is 19.1. The van der Waals surface area contributed by atoms with Crippen LogP contribution in [-0.4, -0.2) is 11.3 Å². The fourth-order valence-corrected chi connectivity index (χ4v) is 1.52. The molecule has 2 aromatic rings. The summed E-state index contributed by atoms with van der Waals surface area (Å²) < 4.78 is 26.6. The zero-order valence-corrected chi connectivity index (χ0v) is 8.65. The molecule has 0 aliphatic heterocycles. The second-order valence-electron chi connectivity index (χ2n) is 3.40. The van der Waals surface area contributed by atoms with Crippen molar-refractivity contribution in [2.24, 2.45) is 0 Å². The molecule has 1 aromatic carbocycles. The van der Waals surface area contributed by atoms with Gasteiger partial charge < -0.3 is 5.73 Å². The Bertz CT molecular complexity index is 585. The number of nitrogens with two attached hydrogens (primary N) is 1. The van der Waals surface area contributed by atoms with Gasteiger partial charge in [0.15, 0.2) is 6.29 Å². The van der Waals surface area contributed by atoms with E-state index in [0.717, 1.165) is 18.2 Å². The number of nitrogens with zero attached hydrogens (tertiary/aromatic N) is 1. The second-order valence-corrected chi connectivity index (χ2v) is 3.40. The van der Waals surface area contributed by atoms with Crippen molar-refractivity contribution in [1.82, 2.24) is 4.98 Å². The topological polar surface area (TPSA) is 56.0 Å². The van der Waals surface area contributed by atoms with Gasteiger partial charge in [-0.1, -0.05) is 0 Å². The van der Waals surface area contributed by atoms with Crippen molar-refractivity contribution in [3.8, 4) is 11.1 Å². The van der Waals surface area contributed by atoms with Crippen molar-refractivity contribution in [3.63, 3.8) is 0 Å². The van der Waals surface area contributed by atoms with Gasteiger partial charge in [-0.05, 0) is 24.3 Å². The molecule has 1 aromatic heterocycles. The van der Waals surface area contributed by atoms with Gasteiger partial charge in [-0.3, -0.25) is 9.78 Å². The van der Waals surface area contributed by atoms with E-state index < -0.39 is 11.6 Å². The SMILES string of the molecule is Nc1c(-c2cc(F)ccc2F)ccnc1C=O. The van der Waals surface area contributed by atoms with E-state index in [4.69, 9.17) is 5.73 Å². The molecule has 0 amide bonds. The van der Waals surface area contributed by atoms with E-state index in [9.17, 15) is 13.6 Å². The number of benzene rings is 1. The lowest BCUT2D eigenvalue weighted by Crippen LogP contribution is -2.00. The number of halogens is 2. The van der Waals surface area contributed by atoms with E-state index in [2.05, 4.69) is 4.98 Å². The third-order valence-electron chi connectivity index (χ3n) is 2.35. The number of carbonyl (C=O) groups excluding carboxylic acids is 1. The van der Waals surface area contributed by atoms with Crippen LogP contribution in [0.4, 0.5) is 14.5 Å². The summed E-state index contributed by atoms with van der Waals surface area (Å²) in [4.78, 5) is 14.4. The maximum atomic E-state index is 13.5. The van der Waals surface area contributed by atoms with Crippen LogP contribution in [0.5, 0.6) is 0 Å². The average Bonchev–Trinajstić information content (AvgIpc) is 2.33. The second kappa shape index (κ2) is 4.29. The number of anilines is 1. The normalized spacial score (nSPS) is 10.2. The molecule has 0 bridgehead atoms. The van der Waals surface area contributed by atoms with Crippen LogP contribution in [-0.2, 0) is 0 Å². The van der Waals surface area contributed by atoms with Gasteiger partial charge in [0.05, 0.1) is 5.69 Å². The minimum absolute atomic E-state index is 0.00570. The van der Waals surface area contributed by atoms with E-state index in [-0.39, 0.29) is 22.5 Å². The zero-order valence-electron chi connectivity index (χ0n) is 8.65. The minimum atomic E-state index is -0.610. The van der Waals surface area contributed by atoms with Crippen LogP contribution >= 0.6 is 0 Å². The molecule has 1 heterocycles. The molecule has 0 radical (unpaired) electrons. The summed E-state index contributed by atoms with van der Waals surface area (Å²) in [5, 5.41) is 0. The summed E-state index contributed by atoms with van der Waals surface area (Å²) in [5.74, 6) is -1.19. The maximum Gasteiger partial charge on any atom is 0.170 e. The number of hydrogen-bond donors (Lipinski definition) is 1. The number of carbonyl (C=O) groups is 1. The summed E-state index contributed by atoms with van der Waals surface area (Å²) in [6.07, 6.45) is 1.79. The standard InChI is InChI=1S/C12H8F2N2O/c13-7-1-2-10(14)9(5-7)8-3-4-16-11(6-17)12(8)15/h1-6H,15H2. The highest BCUT2D eigenvalue weighted by Gasteiger charge is 2.12. The van der Waals surface area contributed by atoms with Crippen LogP contribution in [0.15, 0.2) is 30.5 Å². The summed E-state index contributed by atoms with van der Waals surface area (Å²) >= 11 is 0. The Morgan fingerprint density at radius 3 is 2.65 bits per heavy atom. The molecule has 0 aliphatic carbocycles. The first-order valence-corrected chi connectivity index (χ1v) is 4.78. The molecule has 86 valence electrons. The van der Waals surface area contributed by atoms with Crippen molar-refractivity contribution in [2.45, 2.75) is 0 Å². The monoisotopic (exact) mass is 234 g/mol. The van der Waals surface area contributed by atoms with Crippen LogP contribution < -0.4 is 5.73 Å². The maximum absolute atomic E-state index is 13.5. The quantitative estimate of drug-likeness (QED) is 0.812. The van der Waals surface area contributed by atoms with Crippen molar-refractivity contribution in [2.75, 3.05) is 5.73 Å². The van der Waals surface area contributed by atoms with Gasteiger partial charge in [-0.15, -0.1) is 0 Å². The fraction of sp³-hybridized carbons (Fsp3) is 0. The Labute approximate surface area is 95.9 Å². The van der Waals surface area contributed by atoms with Gasteiger partial charge >= 0.3 is 0 Å². The first-order valence-electron chi connectivity index (χ1n) is 4.78. The predicted molar refractivity (Wildman–Crippen MR) is 59.4 cm³/mol. The number of aromatic nitrogens is 1. The molecule has 0 unspecified atom stereocenters. The third-order valence-corrected chi connectivity index (χ3v) is 2.35. The molecule has 0 fully saturated rings. The van der Waals surface area contributed by atoms with Gasteiger partial charge in [-0.2, -0.15) is 0 Å². The summed E-state index contributed by atoms with van der Waals surface area (Å²) in [7, 11) is 0. The van der Waals surface area contributed by atoms with Gasteiger partial charge in [0.2, 0.25) is 0 Å². The highest BCUT2D eigenvalue weighted by molar-refractivity contribution is 5.89. The lowest BCUT2D eigenvalue weighted by Gasteiger charge is -2.08. The Morgan fingerprint density at radius 2 is 1.94 bits per heavy atom. The summed E-state index contributed by atoms with van der Waals surface area (Å²) in [5.41, 5.74) is 5.96. The average molecular weight is 234 g/mol. The van der Waals surface area contributed by atoms with E-state index in [0.29, 0.717) is 6.29 Å². The number of nitrogen functional groups attached to an aromatic ring is 1. The smallest absolute Gasteiger partial charge is 0.170 e. The van der Waals surface area contributed by atoms with Crippen LogP contribution in [0.3, 0.4) is 0 Å². The van der Waals surface area contributed by atoms with Crippen molar-refractivity contribution in [1.29, 1.82) is 0 Å². The fourth-order valence-electron chi connectivity index (χ4n) is 1.52. The number of pyridine rings is 1. The first kappa shape index (κ1) is 11.2. The van der Waals surface area contributed by atoms with E-state index in [1.165, 1.54) is 12.3 Å². The molecular formula is C12H8F2N2O. The van der Waals surface area contributed by atoms with Gasteiger partial charge in [0, 0.05) is 17.3 Å². The lowest BCUT2D eigenvalue weighted by atomic mass is 10.0. The summed E-state index contributed by atoms with van der Waals surface area (Å²) in [6, 6.07) is 4.47. The minimum Gasteiger partial charge on any atom is -0.396 e. The third kappa shape index (κ3) is 1.99. The van der Waals surface area contributed by atoms with Crippen molar-refractivity contribution >= 4 is 12.0 Å². The van der Waals surface area contributed by atoms with E-state index >= 15 is 0 Å². The Hall–Kier alpha value is -2.30. The zero-order chi connectivity index (χ0) is 12.4. The first-order chi connectivity index (χ1) is 8.13. The Kier molecular flexibility index (Phi) is 2.82. The molecule has 0 spiro atoms. The highest BCUT2D eigenvalue weighted by Crippen LogP contribution is 2.29. The predicted octanol–water partition coefficient (Wildman–Crippen LogP) is 2.42. The molecule has 2 N–H and O–H groups in total. The molecule has 0 aliphatic rings. The number of hydrogen-bond acceptors (Lipinski definition) is 3. The molecular weight excluding hydrogens is 226 g/mol.